The summed E-state index contributed by atoms with van der Waals surface area (Å²) in [6, 6.07) is 20.5. The Morgan fingerprint density at radius 1 is 0.969 bits per heavy atom. The molecule has 1 N–H and O–H groups in total. The molecule has 1 aromatic heterocycles. The maximum atomic E-state index is 14.5. The maximum absolute atomic E-state index is 14.5. The van der Waals surface area contributed by atoms with Gasteiger partial charge in [-0.25, -0.2) is 4.39 Å². The van der Waals surface area contributed by atoms with Crippen molar-refractivity contribution >= 4 is 5.97 Å². The first-order chi connectivity index (χ1) is 15.6. The molecule has 3 aromatic carbocycles. The first kappa shape index (κ1) is 21.4. The van der Waals surface area contributed by atoms with Crippen molar-refractivity contribution in [1.82, 2.24) is 15.5 Å². The summed E-state index contributed by atoms with van der Waals surface area (Å²) in [6.45, 7) is 2.42. The number of nitrogens with one attached hydrogen (secondary N) is 1. The van der Waals surface area contributed by atoms with Crippen molar-refractivity contribution in [3.63, 3.8) is 0 Å². The van der Waals surface area contributed by atoms with Crippen molar-refractivity contribution in [2.24, 2.45) is 0 Å². The van der Waals surface area contributed by atoms with Gasteiger partial charge >= 0.3 is 5.97 Å². The van der Waals surface area contributed by atoms with Crippen LogP contribution in [0.15, 0.2) is 71.1 Å². The number of carbonyl (C=O) groups is 1. The van der Waals surface area contributed by atoms with Crippen molar-refractivity contribution in [3.8, 4) is 34.0 Å². The summed E-state index contributed by atoms with van der Waals surface area (Å²) in [4.78, 5) is 11.2. The number of nitrogens with zero attached hydrogens (tertiary/aromatic N) is 2. The molecule has 0 aliphatic heterocycles. The molecule has 0 saturated heterocycles. The molecule has 0 atom stereocenters. The summed E-state index contributed by atoms with van der Waals surface area (Å²) >= 11 is 0. The number of benzene rings is 3. The van der Waals surface area contributed by atoms with Crippen LogP contribution in [0.2, 0.25) is 0 Å². The van der Waals surface area contributed by atoms with Crippen molar-refractivity contribution in [2.45, 2.75) is 13.5 Å². The summed E-state index contributed by atoms with van der Waals surface area (Å²) < 4.78 is 25.0. The average Bonchev–Trinajstić information content (AvgIpc) is 3.30. The largest absolute Gasteiger partial charge is 0.468 e. The van der Waals surface area contributed by atoms with Crippen LogP contribution >= 0.6 is 0 Å². The Hall–Kier alpha value is -3.84. The van der Waals surface area contributed by atoms with Crippen molar-refractivity contribution < 1.29 is 18.3 Å². The zero-order valence-electron chi connectivity index (χ0n) is 17.8. The van der Waals surface area contributed by atoms with Crippen molar-refractivity contribution in [1.29, 1.82) is 0 Å². The Balaban J connectivity index is 1.61. The highest BCUT2D eigenvalue weighted by Gasteiger charge is 2.17. The number of aromatic nitrogens is 2. The third-order valence-electron chi connectivity index (χ3n) is 5.16. The summed E-state index contributed by atoms with van der Waals surface area (Å²) in [5.74, 6) is -0.422. The highest BCUT2D eigenvalue weighted by molar-refractivity contribution is 5.75. The van der Waals surface area contributed by atoms with Gasteiger partial charge in [0.15, 0.2) is 0 Å². The van der Waals surface area contributed by atoms with E-state index in [9.17, 15) is 9.18 Å². The predicted octanol–water partition coefficient (Wildman–Crippen LogP) is 4.78. The van der Waals surface area contributed by atoms with Gasteiger partial charge in [0, 0.05) is 12.1 Å². The van der Waals surface area contributed by atoms with Gasteiger partial charge in [-0.1, -0.05) is 48.5 Å². The number of hydrogen-bond donors (Lipinski definition) is 1. The van der Waals surface area contributed by atoms with E-state index < -0.39 is 5.82 Å². The second-order valence-electron chi connectivity index (χ2n) is 7.25. The number of methoxy groups -OCH3 is 1. The summed E-state index contributed by atoms with van der Waals surface area (Å²) in [6.07, 6.45) is 0. The number of hydrogen-bond acceptors (Lipinski definition) is 6. The van der Waals surface area contributed by atoms with Crippen LogP contribution in [0.3, 0.4) is 0 Å². The molecular formula is C25H22FN3O3. The summed E-state index contributed by atoms with van der Waals surface area (Å²) in [7, 11) is 1.32. The summed E-state index contributed by atoms with van der Waals surface area (Å²) in [5.41, 5.74) is 4.92. The summed E-state index contributed by atoms with van der Waals surface area (Å²) in [5, 5.41) is 11.2. The highest BCUT2D eigenvalue weighted by atomic mass is 19.1. The number of esters is 1. The van der Waals surface area contributed by atoms with E-state index in [1.165, 1.54) is 13.2 Å². The fourth-order valence-corrected chi connectivity index (χ4v) is 3.47. The number of rotatable bonds is 7. The molecular weight excluding hydrogens is 409 g/mol. The van der Waals surface area contributed by atoms with Crippen LogP contribution in [0.5, 0.6) is 0 Å². The zero-order valence-corrected chi connectivity index (χ0v) is 17.8. The van der Waals surface area contributed by atoms with E-state index in [0.717, 1.165) is 27.8 Å². The quantitative estimate of drug-likeness (QED) is 0.425. The van der Waals surface area contributed by atoms with Crippen molar-refractivity contribution in [2.75, 3.05) is 13.7 Å². The molecule has 0 fully saturated rings. The lowest BCUT2D eigenvalue weighted by molar-refractivity contribution is -0.139. The number of halogens is 1. The molecule has 0 unspecified atom stereocenters. The Bertz CT molecular complexity index is 1240. The van der Waals surface area contributed by atoms with Gasteiger partial charge in [-0.3, -0.25) is 4.79 Å². The topological polar surface area (TPSA) is 77.2 Å². The lowest BCUT2D eigenvalue weighted by Gasteiger charge is -2.09. The van der Waals surface area contributed by atoms with Crippen LogP contribution in [0, 0.1) is 12.7 Å². The van der Waals surface area contributed by atoms with Crippen LogP contribution in [0.4, 0.5) is 4.39 Å². The van der Waals surface area contributed by atoms with E-state index in [2.05, 4.69) is 20.3 Å². The molecule has 0 amide bonds. The first-order valence-electron chi connectivity index (χ1n) is 10.1. The second-order valence-corrected chi connectivity index (χ2v) is 7.25. The van der Waals surface area contributed by atoms with Gasteiger partial charge in [0.05, 0.1) is 19.2 Å². The maximum Gasteiger partial charge on any atom is 0.319 e. The SMILES string of the molecule is COC(=O)CNCc1ccc(F)c(-c2nnc(-c3cccc(-c4ccccc4)c3C)o2)c1. The molecule has 162 valence electrons. The van der Waals surface area contributed by atoms with Crippen LogP contribution in [0.1, 0.15) is 11.1 Å². The molecule has 1 heterocycles. The third kappa shape index (κ3) is 4.58. The molecule has 0 spiro atoms. The minimum Gasteiger partial charge on any atom is -0.468 e. The Morgan fingerprint density at radius 3 is 2.44 bits per heavy atom. The first-order valence-corrected chi connectivity index (χ1v) is 10.1. The smallest absolute Gasteiger partial charge is 0.319 e. The average molecular weight is 431 g/mol. The molecule has 4 rings (SSSR count). The molecule has 32 heavy (non-hydrogen) atoms. The zero-order chi connectivity index (χ0) is 22.5. The lowest BCUT2D eigenvalue weighted by Crippen LogP contribution is -2.23. The molecule has 4 aromatic rings. The standard InChI is InChI=1S/C25H22FN3O3/c1-16-19(18-7-4-3-5-8-18)9-6-10-20(16)24-28-29-25(32-24)21-13-17(11-12-22(21)26)14-27-15-23(30)31-2/h3-13,27H,14-15H2,1-2H3. The minimum absolute atomic E-state index is 0.0605. The number of carbonyl (C=O) groups excluding carboxylic acids is 1. The van der Waals surface area contributed by atoms with E-state index in [-0.39, 0.29) is 24.0 Å². The van der Waals surface area contributed by atoms with Gasteiger partial charge in [-0.15, -0.1) is 10.2 Å². The van der Waals surface area contributed by atoms with E-state index in [4.69, 9.17) is 4.42 Å². The van der Waals surface area contributed by atoms with E-state index in [0.29, 0.717) is 12.4 Å². The van der Waals surface area contributed by atoms with Gasteiger partial charge in [0.2, 0.25) is 5.89 Å². The molecule has 7 heteroatoms. The van der Waals surface area contributed by atoms with Gasteiger partial charge in [0.1, 0.15) is 5.82 Å². The Morgan fingerprint density at radius 2 is 1.69 bits per heavy atom. The second kappa shape index (κ2) is 9.53. The Kier molecular flexibility index (Phi) is 6.37. The Labute approximate surface area is 185 Å². The van der Waals surface area contributed by atoms with Crippen molar-refractivity contribution in [3.05, 3.63) is 83.7 Å². The van der Waals surface area contributed by atoms with Gasteiger partial charge in [-0.2, -0.15) is 0 Å². The fraction of sp³-hybridized carbons (Fsp3) is 0.160. The van der Waals surface area contributed by atoms with E-state index in [1.54, 1.807) is 12.1 Å². The fourth-order valence-electron chi connectivity index (χ4n) is 3.47. The van der Waals surface area contributed by atoms with Crippen LogP contribution in [-0.2, 0) is 16.1 Å². The van der Waals surface area contributed by atoms with Crippen LogP contribution in [-0.4, -0.2) is 29.8 Å². The van der Waals surface area contributed by atoms with Crippen LogP contribution in [0.25, 0.3) is 34.0 Å². The van der Waals surface area contributed by atoms with E-state index in [1.807, 2.05) is 55.5 Å². The highest BCUT2D eigenvalue weighted by Crippen LogP contribution is 2.33. The lowest BCUT2D eigenvalue weighted by atomic mass is 9.96. The molecule has 0 saturated carbocycles. The van der Waals surface area contributed by atoms with Gasteiger partial charge in [-0.05, 0) is 47.4 Å². The predicted molar refractivity (Wildman–Crippen MR) is 119 cm³/mol. The minimum atomic E-state index is -0.466. The molecule has 0 aliphatic rings. The third-order valence-corrected chi connectivity index (χ3v) is 5.16. The molecule has 6 nitrogen and oxygen atoms in total. The van der Waals surface area contributed by atoms with Crippen LogP contribution < -0.4 is 5.32 Å². The molecule has 0 radical (unpaired) electrons. The van der Waals surface area contributed by atoms with Gasteiger partial charge < -0.3 is 14.5 Å². The molecule has 0 aliphatic carbocycles. The van der Waals surface area contributed by atoms with E-state index >= 15 is 0 Å². The normalized spacial score (nSPS) is 10.8. The molecule has 0 bridgehead atoms. The number of ether oxygens (including phenoxy) is 1. The monoisotopic (exact) mass is 431 g/mol. The van der Waals surface area contributed by atoms with Gasteiger partial charge in [0.25, 0.3) is 5.89 Å².